The third-order valence-electron chi connectivity index (χ3n) is 7.25. The number of H-pyrrole nitrogens is 1. The van der Waals surface area contributed by atoms with E-state index in [0.717, 1.165) is 9.13 Å². The summed E-state index contributed by atoms with van der Waals surface area (Å²) in [5.41, 5.74) is 3.69. The van der Waals surface area contributed by atoms with E-state index in [1.807, 2.05) is 6.07 Å². The molecule has 2 aromatic rings. The molecule has 256 valence electrons. The number of Topliss-reactive ketones (excluding diaryl/α,β-unsaturated/α-hetero) is 1. The van der Waals surface area contributed by atoms with Crippen molar-refractivity contribution in [1.29, 1.82) is 5.26 Å². The summed E-state index contributed by atoms with van der Waals surface area (Å²) in [4.78, 5) is 66.4. The summed E-state index contributed by atoms with van der Waals surface area (Å²) in [6, 6.07) is 3.20. The fraction of sp³-hybridized carbons (Fsp3) is 0.593. The van der Waals surface area contributed by atoms with Gasteiger partial charge >= 0.3 is 25.2 Å². The van der Waals surface area contributed by atoms with Gasteiger partial charge < -0.3 is 29.8 Å². The number of ketones is 1. The van der Waals surface area contributed by atoms with E-state index in [-0.39, 0.29) is 55.9 Å². The minimum atomic E-state index is -4.59. The Kier molecular flexibility index (Phi) is 12.0. The van der Waals surface area contributed by atoms with E-state index >= 15 is 0 Å². The Bertz CT molecular complexity index is 1720. The van der Waals surface area contributed by atoms with Crippen LogP contribution in [-0.4, -0.2) is 80.2 Å². The summed E-state index contributed by atoms with van der Waals surface area (Å²) >= 11 is 0. The molecule has 2 aliphatic heterocycles. The number of nitriles is 1. The van der Waals surface area contributed by atoms with Crippen LogP contribution in [0.25, 0.3) is 0 Å². The molecule has 0 aromatic carbocycles. The number of aryl methyl sites for hydroxylation is 1. The zero-order valence-electron chi connectivity index (χ0n) is 25.5. The van der Waals surface area contributed by atoms with Gasteiger partial charge in [0.15, 0.2) is 0 Å². The van der Waals surface area contributed by atoms with Crippen LogP contribution in [0.1, 0.15) is 57.0 Å². The van der Waals surface area contributed by atoms with Gasteiger partial charge in [0.1, 0.15) is 48.5 Å². The molecule has 0 bridgehead atoms. The van der Waals surface area contributed by atoms with Gasteiger partial charge in [0.05, 0.1) is 38.7 Å². The molecule has 2 aliphatic rings. The zero-order chi connectivity index (χ0) is 34.3. The number of phosphoric ester groups is 1. The third-order valence-corrected chi connectivity index (χ3v) is 8.74. The Balaban J connectivity index is 1.53. The van der Waals surface area contributed by atoms with E-state index in [4.69, 9.17) is 38.8 Å². The van der Waals surface area contributed by atoms with Crippen molar-refractivity contribution < 1.29 is 47.0 Å². The second-order valence-electron chi connectivity index (χ2n) is 10.8. The van der Waals surface area contributed by atoms with Crippen molar-refractivity contribution in [2.75, 3.05) is 25.6 Å². The van der Waals surface area contributed by atoms with Crippen LogP contribution in [-0.2, 0) is 41.9 Å². The van der Waals surface area contributed by atoms with Crippen LogP contribution in [0.5, 0.6) is 0 Å². The van der Waals surface area contributed by atoms with Crippen LogP contribution in [0.15, 0.2) is 32.8 Å². The van der Waals surface area contributed by atoms with Crippen molar-refractivity contribution in [3.8, 4) is 6.07 Å². The number of carbonyl (C=O) groups excluding carboxylic acids is 2. The van der Waals surface area contributed by atoms with Crippen molar-refractivity contribution in [3.05, 3.63) is 55.3 Å². The number of hydrogen-bond donors (Lipinski definition) is 3. The van der Waals surface area contributed by atoms with Crippen LogP contribution in [0.3, 0.4) is 0 Å². The summed E-state index contributed by atoms with van der Waals surface area (Å²) in [5.74, 6) is -0.974. The number of aliphatic hydroxyl groups excluding tert-OH is 1. The molecule has 0 aliphatic carbocycles. The first-order valence-corrected chi connectivity index (χ1v) is 16.0. The standard InChI is InChI=1S/C27H35N6O13P/c1-15-12-33(27(39)31-25(15)37)23-11-18(19(13-34)43-23)46-47(40,41-9-3-7-28)42-14-20-17(45-24(36)5-4-16(2)35)10-22(44-20)32-8-6-21(29)30-26(32)38/h6,8,12,17-20,22-23,34H,3-5,9-11,13-14H2,1-2H3,(H2,29,30,38)(H,31,37,39)/t17-,18-,19+,20+,22+,23+,47?/m0/s1. The molecule has 1 unspecified atom stereocenters. The third kappa shape index (κ3) is 9.29. The van der Waals surface area contributed by atoms with Gasteiger partial charge in [-0.2, -0.15) is 10.2 Å². The monoisotopic (exact) mass is 682 g/mol. The molecule has 4 rings (SSSR count). The largest absolute Gasteiger partial charge is 0.475 e. The average molecular weight is 683 g/mol. The SMILES string of the molecule is CC(=O)CCC(=O)O[C@H]1C[C@H](n2ccc(N)nc2=O)O[C@@H]1COP(=O)(OCCC#N)O[C@H]1C[C@H](n2cc(C)c(=O)[nH]c2=O)O[C@@H]1CO. The lowest BCUT2D eigenvalue weighted by Crippen LogP contribution is -2.33. The van der Waals surface area contributed by atoms with E-state index in [2.05, 4.69) is 9.97 Å². The molecule has 47 heavy (non-hydrogen) atoms. The Morgan fingerprint density at radius 2 is 1.85 bits per heavy atom. The number of nitrogens with one attached hydrogen (secondary N) is 1. The molecule has 4 N–H and O–H groups in total. The molecule has 0 spiro atoms. The molecule has 2 aromatic heterocycles. The first-order valence-electron chi connectivity index (χ1n) is 14.5. The topological polar surface area (TPSA) is 266 Å². The van der Waals surface area contributed by atoms with Crippen molar-refractivity contribution in [3.63, 3.8) is 0 Å². The number of rotatable bonds is 15. The number of anilines is 1. The molecular formula is C27H35N6O13P. The van der Waals surface area contributed by atoms with Gasteiger partial charge in [0, 0.05) is 37.2 Å². The average Bonchev–Trinajstić information content (AvgIpc) is 3.60. The molecular weight excluding hydrogens is 647 g/mol. The van der Waals surface area contributed by atoms with Gasteiger partial charge in [0.2, 0.25) is 0 Å². The van der Waals surface area contributed by atoms with Gasteiger partial charge in [-0.15, -0.1) is 0 Å². The van der Waals surface area contributed by atoms with Crippen LogP contribution in [0, 0.1) is 18.3 Å². The quantitative estimate of drug-likeness (QED) is 0.126. The predicted octanol–water partition coefficient (Wildman–Crippen LogP) is -0.0274. The number of aliphatic hydroxyl groups is 1. The fourth-order valence-corrected chi connectivity index (χ4v) is 6.27. The Labute approximate surface area is 266 Å². The van der Waals surface area contributed by atoms with Gasteiger partial charge in [-0.25, -0.2) is 14.2 Å². The number of aromatic amines is 1. The predicted molar refractivity (Wildman–Crippen MR) is 158 cm³/mol. The Morgan fingerprint density at radius 1 is 1.15 bits per heavy atom. The molecule has 20 heteroatoms. The number of esters is 1. The number of hydrogen-bond acceptors (Lipinski definition) is 16. The van der Waals surface area contributed by atoms with E-state index in [1.54, 1.807) is 0 Å². The number of carbonyl (C=O) groups is 2. The van der Waals surface area contributed by atoms with Crippen molar-refractivity contribution >= 4 is 25.4 Å². The Hall–Kier alpha value is -4.02. The highest BCUT2D eigenvalue weighted by Crippen LogP contribution is 2.53. The minimum absolute atomic E-state index is 0.0242. The lowest BCUT2D eigenvalue weighted by atomic mass is 10.2. The lowest BCUT2D eigenvalue weighted by molar-refractivity contribution is -0.153. The van der Waals surface area contributed by atoms with Gasteiger partial charge in [-0.3, -0.25) is 37.3 Å². The summed E-state index contributed by atoms with van der Waals surface area (Å²) in [6.07, 6.45) is -4.51. The summed E-state index contributed by atoms with van der Waals surface area (Å²) in [7, 11) is -4.59. The summed E-state index contributed by atoms with van der Waals surface area (Å²) < 4.78 is 50.1. The van der Waals surface area contributed by atoms with Crippen LogP contribution in [0.2, 0.25) is 0 Å². The second kappa shape index (κ2) is 15.7. The first kappa shape index (κ1) is 35.8. The van der Waals surface area contributed by atoms with E-state index < -0.39 is 80.8 Å². The van der Waals surface area contributed by atoms with Gasteiger partial charge in [-0.1, -0.05) is 0 Å². The molecule has 2 fully saturated rings. The smallest absolute Gasteiger partial charge is 0.459 e. The van der Waals surface area contributed by atoms with E-state index in [9.17, 15) is 33.6 Å². The Morgan fingerprint density at radius 3 is 2.53 bits per heavy atom. The van der Waals surface area contributed by atoms with Crippen molar-refractivity contribution in [2.24, 2.45) is 0 Å². The molecule has 0 amide bonds. The number of nitrogen functional groups attached to an aromatic ring is 1. The van der Waals surface area contributed by atoms with E-state index in [1.165, 1.54) is 32.3 Å². The maximum Gasteiger partial charge on any atom is 0.475 e. The van der Waals surface area contributed by atoms with E-state index in [0.29, 0.717) is 0 Å². The molecule has 19 nitrogen and oxygen atoms in total. The number of nitrogens with two attached hydrogens (primary N) is 1. The number of aromatic nitrogens is 4. The van der Waals surface area contributed by atoms with Gasteiger partial charge in [-0.05, 0) is 19.9 Å². The van der Waals surface area contributed by atoms with Gasteiger partial charge in [0.25, 0.3) is 5.56 Å². The molecule has 0 radical (unpaired) electrons. The zero-order valence-corrected chi connectivity index (χ0v) is 26.4. The maximum absolute atomic E-state index is 13.9. The molecule has 2 saturated heterocycles. The van der Waals surface area contributed by atoms with Crippen LogP contribution >= 0.6 is 7.82 Å². The highest BCUT2D eigenvalue weighted by molar-refractivity contribution is 7.48. The second-order valence-corrected chi connectivity index (χ2v) is 12.4. The highest BCUT2D eigenvalue weighted by atomic mass is 31.2. The number of ether oxygens (including phenoxy) is 3. The number of nitrogens with zero attached hydrogens (tertiary/aromatic N) is 4. The maximum atomic E-state index is 13.9. The van der Waals surface area contributed by atoms with Crippen LogP contribution in [0.4, 0.5) is 5.82 Å². The van der Waals surface area contributed by atoms with Crippen molar-refractivity contribution in [1.82, 2.24) is 19.1 Å². The molecule has 7 atom stereocenters. The van der Waals surface area contributed by atoms with Crippen molar-refractivity contribution in [2.45, 2.75) is 82.8 Å². The minimum Gasteiger partial charge on any atom is -0.459 e. The summed E-state index contributed by atoms with van der Waals surface area (Å²) in [6.45, 7) is 1.24. The normalized spacial score (nSPS) is 25.2. The number of phosphoric acid groups is 1. The lowest BCUT2D eigenvalue weighted by Gasteiger charge is -2.25. The summed E-state index contributed by atoms with van der Waals surface area (Å²) in [5, 5.41) is 19.0. The highest BCUT2D eigenvalue weighted by Gasteiger charge is 2.45. The fourth-order valence-electron chi connectivity index (χ4n) is 4.87. The molecule has 4 heterocycles. The molecule has 0 saturated carbocycles. The van der Waals surface area contributed by atoms with Crippen LogP contribution < -0.4 is 22.7 Å². The first-order chi connectivity index (χ1) is 22.3.